The molecule has 0 bridgehead atoms. The molecule has 1 unspecified atom stereocenters. The molecule has 0 saturated heterocycles. The van der Waals surface area contributed by atoms with Crippen LogP contribution in [-0.2, 0) is 16.1 Å². The van der Waals surface area contributed by atoms with Gasteiger partial charge in [0.15, 0.2) is 11.5 Å². The standard InChI is InChI=1S/C25H29NO5/c1-6-31-19-11-7-16(8-12-19)15-26-21(17-9-13-18(30-5)14-10-17)20(22(27)24(26)29)23(28)25(2,3)4/h7-14,21,27H,6,15H2,1-5H3. The number of aliphatic hydroxyl groups excluding tert-OH is 1. The van der Waals surface area contributed by atoms with E-state index < -0.39 is 23.1 Å². The van der Waals surface area contributed by atoms with Gasteiger partial charge in [0.1, 0.15) is 11.5 Å². The third-order valence-electron chi connectivity index (χ3n) is 5.25. The molecule has 3 rings (SSSR count). The maximum Gasteiger partial charge on any atom is 0.290 e. The molecule has 0 fully saturated rings. The van der Waals surface area contributed by atoms with Gasteiger partial charge in [-0.25, -0.2) is 0 Å². The smallest absolute Gasteiger partial charge is 0.290 e. The normalized spacial score (nSPS) is 16.6. The van der Waals surface area contributed by atoms with Gasteiger partial charge >= 0.3 is 0 Å². The molecular weight excluding hydrogens is 394 g/mol. The first-order chi connectivity index (χ1) is 14.7. The van der Waals surface area contributed by atoms with E-state index in [0.717, 1.165) is 16.9 Å². The van der Waals surface area contributed by atoms with E-state index in [1.165, 1.54) is 4.90 Å². The Hall–Kier alpha value is -3.28. The van der Waals surface area contributed by atoms with Crippen molar-refractivity contribution >= 4 is 11.7 Å². The van der Waals surface area contributed by atoms with Crippen molar-refractivity contribution in [3.05, 3.63) is 71.0 Å². The zero-order valence-corrected chi connectivity index (χ0v) is 18.6. The van der Waals surface area contributed by atoms with Crippen molar-refractivity contribution in [2.75, 3.05) is 13.7 Å². The number of hydrogen-bond acceptors (Lipinski definition) is 5. The highest BCUT2D eigenvalue weighted by molar-refractivity contribution is 6.10. The topological polar surface area (TPSA) is 76.1 Å². The highest BCUT2D eigenvalue weighted by Gasteiger charge is 2.45. The van der Waals surface area contributed by atoms with Crippen molar-refractivity contribution in [1.82, 2.24) is 4.90 Å². The molecule has 1 amide bonds. The Kier molecular flexibility index (Phi) is 6.39. The molecular formula is C25H29NO5. The van der Waals surface area contributed by atoms with Crippen LogP contribution in [-0.4, -0.2) is 35.4 Å². The summed E-state index contributed by atoms with van der Waals surface area (Å²) in [6, 6.07) is 14.0. The van der Waals surface area contributed by atoms with Crippen molar-refractivity contribution in [2.24, 2.45) is 5.41 Å². The molecule has 31 heavy (non-hydrogen) atoms. The zero-order valence-electron chi connectivity index (χ0n) is 18.6. The van der Waals surface area contributed by atoms with Crippen LogP contribution in [0, 0.1) is 5.41 Å². The van der Waals surface area contributed by atoms with Crippen LogP contribution in [0.1, 0.15) is 44.9 Å². The molecule has 0 aliphatic carbocycles. The van der Waals surface area contributed by atoms with Crippen LogP contribution in [0.25, 0.3) is 0 Å². The third kappa shape index (κ3) is 4.58. The highest BCUT2D eigenvalue weighted by atomic mass is 16.5. The molecule has 1 aliphatic rings. The summed E-state index contributed by atoms with van der Waals surface area (Å²) in [5.74, 6) is 0.126. The molecule has 6 heteroatoms. The number of amides is 1. The third-order valence-corrected chi connectivity index (χ3v) is 5.25. The molecule has 164 valence electrons. The molecule has 0 saturated carbocycles. The van der Waals surface area contributed by atoms with Gasteiger partial charge in [-0.05, 0) is 42.3 Å². The van der Waals surface area contributed by atoms with E-state index in [4.69, 9.17) is 9.47 Å². The minimum absolute atomic E-state index is 0.133. The lowest BCUT2D eigenvalue weighted by atomic mass is 9.82. The van der Waals surface area contributed by atoms with Gasteiger partial charge in [-0.2, -0.15) is 0 Å². The van der Waals surface area contributed by atoms with Crippen LogP contribution in [0.2, 0.25) is 0 Å². The first-order valence-electron chi connectivity index (χ1n) is 10.3. The van der Waals surface area contributed by atoms with E-state index in [0.29, 0.717) is 12.4 Å². The predicted molar refractivity (Wildman–Crippen MR) is 118 cm³/mol. The second kappa shape index (κ2) is 8.84. The zero-order chi connectivity index (χ0) is 22.8. The summed E-state index contributed by atoms with van der Waals surface area (Å²) in [5, 5.41) is 10.7. The Morgan fingerprint density at radius 3 is 2.13 bits per heavy atom. The van der Waals surface area contributed by atoms with Gasteiger partial charge in [-0.1, -0.05) is 45.0 Å². The molecule has 0 aromatic heterocycles. The summed E-state index contributed by atoms with van der Waals surface area (Å²) in [6.45, 7) is 8.06. The Labute approximate surface area is 183 Å². The number of ether oxygens (including phenoxy) is 2. The van der Waals surface area contributed by atoms with E-state index in [2.05, 4.69) is 0 Å². The number of carbonyl (C=O) groups is 2. The van der Waals surface area contributed by atoms with Crippen molar-refractivity contribution in [1.29, 1.82) is 0 Å². The fourth-order valence-electron chi connectivity index (χ4n) is 3.64. The number of rotatable bonds is 7. The Balaban J connectivity index is 2.02. The van der Waals surface area contributed by atoms with E-state index in [-0.39, 0.29) is 17.9 Å². The molecule has 0 spiro atoms. The number of benzene rings is 2. The SMILES string of the molecule is CCOc1ccc(CN2C(=O)C(O)=C(C(=O)C(C)(C)C)C2c2ccc(OC)cc2)cc1. The highest BCUT2D eigenvalue weighted by Crippen LogP contribution is 2.42. The lowest BCUT2D eigenvalue weighted by molar-refractivity contribution is -0.130. The number of aliphatic hydroxyl groups is 1. The number of Topliss-reactive ketones (excluding diaryl/α,β-unsaturated/α-hetero) is 1. The molecule has 2 aromatic carbocycles. The second-order valence-electron chi connectivity index (χ2n) is 8.53. The van der Waals surface area contributed by atoms with Crippen LogP contribution in [0.5, 0.6) is 11.5 Å². The predicted octanol–water partition coefficient (Wildman–Crippen LogP) is 4.60. The minimum Gasteiger partial charge on any atom is -0.503 e. The fraction of sp³-hybridized carbons (Fsp3) is 0.360. The van der Waals surface area contributed by atoms with Crippen molar-refractivity contribution in [2.45, 2.75) is 40.3 Å². The largest absolute Gasteiger partial charge is 0.503 e. The Bertz CT molecular complexity index is 984. The van der Waals surface area contributed by atoms with Crippen LogP contribution < -0.4 is 9.47 Å². The monoisotopic (exact) mass is 423 g/mol. The minimum atomic E-state index is -0.747. The van der Waals surface area contributed by atoms with Crippen LogP contribution in [0.4, 0.5) is 0 Å². The summed E-state index contributed by atoms with van der Waals surface area (Å²) < 4.78 is 10.7. The van der Waals surface area contributed by atoms with E-state index in [9.17, 15) is 14.7 Å². The average Bonchev–Trinajstić information content (AvgIpc) is 2.99. The molecule has 1 heterocycles. The maximum absolute atomic E-state index is 13.2. The van der Waals surface area contributed by atoms with Gasteiger partial charge in [-0.3, -0.25) is 9.59 Å². The van der Waals surface area contributed by atoms with Gasteiger partial charge in [0.2, 0.25) is 0 Å². The van der Waals surface area contributed by atoms with E-state index in [1.807, 2.05) is 43.3 Å². The van der Waals surface area contributed by atoms with Crippen molar-refractivity contribution in [3.63, 3.8) is 0 Å². The summed E-state index contributed by atoms with van der Waals surface area (Å²) in [7, 11) is 1.58. The average molecular weight is 424 g/mol. The Morgan fingerprint density at radius 2 is 1.61 bits per heavy atom. The van der Waals surface area contributed by atoms with Crippen LogP contribution in [0.15, 0.2) is 59.9 Å². The molecule has 2 aromatic rings. The molecule has 1 atom stereocenters. The van der Waals surface area contributed by atoms with Gasteiger partial charge in [-0.15, -0.1) is 0 Å². The number of ketones is 1. The summed E-state index contributed by atoms with van der Waals surface area (Å²) >= 11 is 0. The molecule has 1 aliphatic heterocycles. The first kappa shape index (κ1) is 22.4. The number of carbonyl (C=O) groups excluding carboxylic acids is 2. The van der Waals surface area contributed by atoms with Crippen LogP contribution in [0.3, 0.4) is 0 Å². The summed E-state index contributed by atoms with van der Waals surface area (Å²) in [6.07, 6.45) is 0. The molecule has 1 N–H and O–H groups in total. The molecule has 0 radical (unpaired) electrons. The van der Waals surface area contributed by atoms with Crippen molar-refractivity contribution in [3.8, 4) is 11.5 Å². The second-order valence-corrected chi connectivity index (χ2v) is 8.53. The van der Waals surface area contributed by atoms with Gasteiger partial charge in [0, 0.05) is 12.0 Å². The first-order valence-corrected chi connectivity index (χ1v) is 10.3. The summed E-state index contributed by atoms with van der Waals surface area (Å²) in [5.41, 5.74) is 0.988. The van der Waals surface area contributed by atoms with Gasteiger partial charge in [0.25, 0.3) is 5.91 Å². The Morgan fingerprint density at radius 1 is 1.03 bits per heavy atom. The van der Waals surface area contributed by atoms with Crippen LogP contribution >= 0.6 is 0 Å². The fourth-order valence-corrected chi connectivity index (χ4v) is 3.64. The summed E-state index contributed by atoms with van der Waals surface area (Å²) in [4.78, 5) is 27.8. The van der Waals surface area contributed by atoms with Gasteiger partial charge < -0.3 is 19.5 Å². The number of methoxy groups -OCH3 is 1. The van der Waals surface area contributed by atoms with E-state index in [1.54, 1.807) is 40.0 Å². The number of hydrogen-bond donors (Lipinski definition) is 1. The lowest BCUT2D eigenvalue weighted by Gasteiger charge is -2.29. The quantitative estimate of drug-likeness (QED) is 0.704. The van der Waals surface area contributed by atoms with Crippen molar-refractivity contribution < 1.29 is 24.2 Å². The molecule has 6 nitrogen and oxygen atoms in total. The lowest BCUT2D eigenvalue weighted by Crippen LogP contribution is -2.32. The maximum atomic E-state index is 13.2. The van der Waals surface area contributed by atoms with E-state index >= 15 is 0 Å². The van der Waals surface area contributed by atoms with Gasteiger partial charge in [0.05, 0.1) is 25.3 Å². The number of nitrogens with zero attached hydrogens (tertiary/aromatic N) is 1.